The lowest BCUT2D eigenvalue weighted by Gasteiger charge is -2.25. The summed E-state index contributed by atoms with van der Waals surface area (Å²) >= 11 is 0. The highest BCUT2D eigenvalue weighted by molar-refractivity contribution is 5.93. The van der Waals surface area contributed by atoms with Crippen LogP contribution >= 0.6 is 0 Å². The van der Waals surface area contributed by atoms with E-state index in [1.165, 1.54) is 0 Å². The summed E-state index contributed by atoms with van der Waals surface area (Å²) in [6.45, 7) is 6.39. The molecule has 1 amide bonds. The van der Waals surface area contributed by atoms with Crippen LogP contribution in [0.5, 0.6) is 11.5 Å². The van der Waals surface area contributed by atoms with Gasteiger partial charge in [0.05, 0.1) is 17.2 Å². The largest absolute Gasteiger partial charge is 0.486 e. The predicted molar refractivity (Wildman–Crippen MR) is 107 cm³/mol. The molecule has 0 saturated carbocycles. The van der Waals surface area contributed by atoms with Crippen molar-refractivity contribution in [3.8, 4) is 11.5 Å². The average molecular weight is 377 g/mol. The number of hydrogen-bond acceptors (Lipinski definition) is 5. The van der Waals surface area contributed by atoms with Crippen molar-refractivity contribution in [1.29, 1.82) is 0 Å². The maximum atomic E-state index is 13.2. The number of rotatable bonds is 5. The van der Waals surface area contributed by atoms with Crippen molar-refractivity contribution in [1.82, 2.24) is 14.9 Å². The smallest absolute Gasteiger partial charge is 0.274 e. The predicted octanol–water partition coefficient (Wildman–Crippen LogP) is 3.70. The Morgan fingerprint density at radius 3 is 2.61 bits per heavy atom. The van der Waals surface area contributed by atoms with Crippen LogP contribution in [-0.4, -0.2) is 40.5 Å². The van der Waals surface area contributed by atoms with Crippen molar-refractivity contribution >= 4 is 16.9 Å². The number of nitrogens with zero attached hydrogens (tertiary/aromatic N) is 3. The van der Waals surface area contributed by atoms with Gasteiger partial charge in [0, 0.05) is 13.1 Å². The zero-order valence-electron chi connectivity index (χ0n) is 16.1. The van der Waals surface area contributed by atoms with Crippen molar-refractivity contribution < 1.29 is 14.3 Å². The fourth-order valence-electron chi connectivity index (χ4n) is 3.29. The Hall–Kier alpha value is -3.15. The number of fused-ring (bicyclic) bond motifs is 2. The van der Waals surface area contributed by atoms with E-state index < -0.39 is 0 Å². The summed E-state index contributed by atoms with van der Waals surface area (Å²) in [6, 6.07) is 13.4. The van der Waals surface area contributed by atoms with E-state index in [4.69, 9.17) is 9.47 Å². The van der Waals surface area contributed by atoms with Crippen molar-refractivity contribution in [2.24, 2.45) is 5.92 Å². The van der Waals surface area contributed by atoms with E-state index >= 15 is 0 Å². The van der Waals surface area contributed by atoms with Gasteiger partial charge < -0.3 is 14.4 Å². The highest BCUT2D eigenvalue weighted by atomic mass is 16.6. The maximum Gasteiger partial charge on any atom is 0.274 e. The first-order valence-electron chi connectivity index (χ1n) is 9.50. The molecule has 2 aromatic carbocycles. The molecule has 0 atom stereocenters. The Kier molecular flexibility index (Phi) is 5.10. The van der Waals surface area contributed by atoms with Crippen LogP contribution in [0.2, 0.25) is 0 Å². The summed E-state index contributed by atoms with van der Waals surface area (Å²) in [5, 5.41) is 0. The summed E-state index contributed by atoms with van der Waals surface area (Å²) < 4.78 is 11.3. The second-order valence-electron chi connectivity index (χ2n) is 7.30. The molecule has 0 N–H and O–H groups in total. The zero-order chi connectivity index (χ0) is 19.5. The third-order valence-electron chi connectivity index (χ3n) is 4.52. The molecule has 28 heavy (non-hydrogen) atoms. The molecule has 0 spiro atoms. The zero-order valence-corrected chi connectivity index (χ0v) is 16.1. The number of ether oxygens (including phenoxy) is 2. The molecule has 0 bridgehead atoms. The topological polar surface area (TPSA) is 64.6 Å². The van der Waals surface area contributed by atoms with E-state index in [-0.39, 0.29) is 5.91 Å². The molecule has 4 rings (SSSR count). The van der Waals surface area contributed by atoms with E-state index in [1.54, 1.807) is 6.20 Å². The fraction of sp³-hybridized carbons (Fsp3) is 0.318. The molecule has 0 saturated heterocycles. The maximum absolute atomic E-state index is 13.2. The van der Waals surface area contributed by atoms with Gasteiger partial charge in [0.25, 0.3) is 5.91 Å². The first-order chi connectivity index (χ1) is 13.6. The number of benzene rings is 2. The number of para-hydroxylation sites is 2. The van der Waals surface area contributed by atoms with Crippen molar-refractivity contribution in [3.63, 3.8) is 0 Å². The van der Waals surface area contributed by atoms with Gasteiger partial charge in [0.15, 0.2) is 11.5 Å². The average Bonchev–Trinajstić information content (AvgIpc) is 2.72. The van der Waals surface area contributed by atoms with Gasteiger partial charge in [-0.15, -0.1) is 0 Å². The van der Waals surface area contributed by atoms with E-state index in [0.717, 1.165) is 28.1 Å². The SMILES string of the molecule is CC(C)CN(Cc1ccc2c(c1)OCCO2)C(=O)c1cnc2ccccc2n1. The third kappa shape index (κ3) is 3.91. The van der Waals surface area contributed by atoms with Crippen molar-refractivity contribution in [2.75, 3.05) is 19.8 Å². The highest BCUT2D eigenvalue weighted by Gasteiger charge is 2.21. The fourth-order valence-corrected chi connectivity index (χ4v) is 3.29. The summed E-state index contributed by atoms with van der Waals surface area (Å²) in [7, 11) is 0. The van der Waals surface area contributed by atoms with Crippen molar-refractivity contribution in [3.05, 3.63) is 59.9 Å². The van der Waals surface area contributed by atoms with Gasteiger partial charge in [-0.3, -0.25) is 9.78 Å². The van der Waals surface area contributed by atoms with Crippen LogP contribution in [0.4, 0.5) is 0 Å². The summed E-state index contributed by atoms with van der Waals surface area (Å²) in [5.41, 5.74) is 2.85. The Morgan fingerprint density at radius 1 is 1.07 bits per heavy atom. The first-order valence-corrected chi connectivity index (χ1v) is 9.50. The van der Waals surface area contributed by atoms with Gasteiger partial charge in [-0.2, -0.15) is 0 Å². The normalized spacial score (nSPS) is 13.0. The van der Waals surface area contributed by atoms with Crippen LogP contribution in [0.25, 0.3) is 11.0 Å². The molecule has 6 nitrogen and oxygen atoms in total. The Morgan fingerprint density at radius 2 is 1.82 bits per heavy atom. The van der Waals surface area contributed by atoms with Crippen LogP contribution in [0.3, 0.4) is 0 Å². The number of amides is 1. The standard InChI is InChI=1S/C22H23N3O3/c1-15(2)13-25(14-16-7-8-20-21(11-16)28-10-9-27-20)22(26)19-12-23-17-5-3-4-6-18(17)24-19/h3-8,11-12,15H,9-10,13-14H2,1-2H3. The molecule has 6 heteroatoms. The summed E-state index contributed by atoms with van der Waals surface area (Å²) in [5.74, 6) is 1.68. The van der Waals surface area contributed by atoms with E-state index in [9.17, 15) is 4.79 Å². The van der Waals surface area contributed by atoms with Gasteiger partial charge in [0.2, 0.25) is 0 Å². The number of carbonyl (C=O) groups excluding carboxylic acids is 1. The molecule has 2 heterocycles. The van der Waals surface area contributed by atoms with E-state index in [0.29, 0.717) is 37.9 Å². The van der Waals surface area contributed by atoms with Gasteiger partial charge in [-0.05, 0) is 35.7 Å². The molecule has 144 valence electrons. The quantitative estimate of drug-likeness (QED) is 0.678. The first kappa shape index (κ1) is 18.2. The Labute approximate surface area is 164 Å². The minimum atomic E-state index is -0.123. The molecular formula is C22H23N3O3. The van der Waals surface area contributed by atoms with Crippen LogP contribution in [-0.2, 0) is 6.54 Å². The van der Waals surface area contributed by atoms with E-state index in [2.05, 4.69) is 23.8 Å². The second-order valence-corrected chi connectivity index (χ2v) is 7.30. The molecule has 0 aliphatic carbocycles. The highest BCUT2D eigenvalue weighted by Crippen LogP contribution is 2.31. The van der Waals surface area contributed by atoms with Crippen molar-refractivity contribution in [2.45, 2.75) is 20.4 Å². The van der Waals surface area contributed by atoms with Gasteiger partial charge >= 0.3 is 0 Å². The molecule has 3 aromatic rings. The second kappa shape index (κ2) is 7.84. The number of aromatic nitrogens is 2. The molecule has 0 unspecified atom stereocenters. The van der Waals surface area contributed by atoms with Crippen LogP contribution in [0.1, 0.15) is 29.9 Å². The molecule has 1 aromatic heterocycles. The summed E-state index contributed by atoms with van der Waals surface area (Å²) in [6.07, 6.45) is 1.56. The summed E-state index contributed by atoms with van der Waals surface area (Å²) in [4.78, 5) is 23.9. The van der Waals surface area contributed by atoms with Crippen LogP contribution in [0, 0.1) is 5.92 Å². The molecule has 0 fully saturated rings. The molecular weight excluding hydrogens is 354 g/mol. The lowest BCUT2D eigenvalue weighted by molar-refractivity contribution is 0.0716. The minimum absolute atomic E-state index is 0.123. The lowest BCUT2D eigenvalue weighted by Crippen LogP contribution is -2.34. The Bertz CT molecular complexity index is 1000. The number of carbonyl (C=O) groups is 1. The van der Waals surface area contributed by atoms with Crippen LogP contribution < -0.4 is 9.47 Å². The molecule has 0 radical (unpaired) electrons. The van der Waals surface area contributed by atoms with Gasteiger partial charge in [0.1, 0.15) is 18.9 Å². The van der Waals surface area contributed by atoms with Crippen LogP contribution in [0.15, 0.2) is 48.7 Å². The number of hydrogen-bond donors (Lipinski definition) is 0. The lowest BCUT2D eigenvalue weighted by atomic mass is 10.1. The minimum Gasteiger partial charge on any atom is -0.486 e. The monoisotopic (exact) mass is 377 g/mol. The Balaban J connectivity index is 1.60. The third-order valence-corrected chi connectivity index (χ3v) is 4.52. The molecule has 1 aliphatic heterocycles. The van der Waals surface area contributed by atoms with E-state index in [1.807, 2.05) is 47.4 Å². The van der Waals surface area contributed by atoms with Gasteiger partial charge in [-0.25, -0.2) is 4.98 Å². The molecule has 1 aliphatic rings. The van der Waals surface area contributed by atoms with Gasteiger partial charge in [-0.1, -0.05) is 32.0 Å².